The molecule has 1 heterocycles. The number of aliphatic hydroxyl groups is 1. The zero-order chi connectivity index (χ0) is 14.5. The molecule has 5 nitrogen and oxygen atoms in total. The monoisotopic (exact) mass is 287 g/mol. The third-order valence-corrected chi connectivity index (χ3v) is 4.29. The Labute approximate surface area is 119 Å². The minimum absolute atomic E-state index is 0.0548. The smallest absolute Gasteiger partial charge is 0.197 e. The molecule has 0 aromatic carbocycles. The predicted molar refractivity (Wildman–Crippen MR) is 80.9 cm³/mol. The van der Waals surface area contributed by atoms with Crippen LogP contribution in [0.4, 0.5) is 10.8 Å². The first kappa shape index (κ1) is 16.0. The van der Waals surface area contributed by atoms with Crippen LogP contribution < -0.4 is 15.8 Å². The van der Waals surface area contributed by atoms with Gasteiger partial charge >= 0.3 is 0 Å². The van der Waals surface area contributed by atoms with Crippen molar-refractivity contribution in [3.8, 4) is 5.75 Å². The van der Waals surface area contributed by atoms with Gasteiger partial charge in [-0.15, -0.1) is 0 Å². The summed E-state index contributed by atoms with van der Waals surface area (Å²) in [5.74, 6) is 1.04. The van der Waals surface area contributed by atoms with Crippen LogP contribution in [0.15, 0.2) is 0 Å². The maximum atomic E-state index is 9.57. The van der Waals surface area contributed by atoms with Crippen molar-refractivity contribution in [2.75, 3.05) is 24.2 Å². The Kier molecular flexibility index (Phi) is 5.87. The maximum absolute atomic E-state index is 9.57. The summed E-state index contributed by atoms with van der Waals surface area (Å²) in [6, 6.07) is 0. The zero-order valence-corrected chi connectivity index (χ0v) is 13.0. The Bertz CT molecular complexity index is 381. The second kappa shape index (κ2) is 6.96. The summed E-state index contributed by atoms with van der Waals surface area (Å²) in [4.78, 5) is 0. The highest BCUT2D eigenvalue weighted by Crippen LogP contribution is 2.37. The fraction of sp³-hybridized carbons (Fsp3) is 0.769. The molecule has 0 amide bonds. The van der Waals surface area contributed by atoms with Gasteiger partial charge in [0.2, 0.25) is 0 Å². The second-order valence-corrected chi connectivity index (χ2v) is 5.88. The van der Waals surface area contributed by atoms with E-state index in [1.54, 1.807) is 0 Å². The zero-order valence-electron chi connectivity index (χ0n) is 12.2. The molecule has 0 unspecified atom stereocenters. The van der Waals surface area contributed by atoms with E-state index in [0.29, 0.717) is 18.1 Å². The Morgan fingerprint density at radius 2 is 2.05 bits per heavy atom. The van der Waals surface area contributed by atoms with Gasteiger partial charge in [0.15, 0.2) is 16.6 Å². The predicted octanol–water partition coefficient (Wildman–Crippen LogP) is 2.72. The van der Waals surface area contributed by atoms with Crippen molar-refractivity contribution in [1.29, 1.82) is 0 Å². The quantitative estimate of drug-likeness (QED) is 0.685. The number of aromatic nitrogens is 1. The van der Waals surface area contributed by atoms with E-state index < -0.39 is 0 Å². The molecule has 0 atom stereocenters. The van der Waals surface area contributed by atoms with Crippen molar-refractivity contribution >= 4 is 22.4 Å². The Morgan fingerprint density at radius 3 is 2.53 bits per heavy atom. The van der Waals surface area contributed by atoms with Gasteiger partial charge in [0.1, 0.15) is 0 Å². The van der Waals surface area contributed by atoms with Crippen molar-refractivity contribution < 1.29 is 9.84 Å². The number of nitrogens with one attached hydrogen (secondary N) is 1. The maximum Gasteiger partial charge on any atom is 0.197 e. The largest absolute Gasteiger partial charge is 0.484 e. The van der Waals surface area contributed by atoms with Gasteiger partial charge in [-0.25, -0.2) is 0 Å². The van der Waals surface area contributed by atoms with Gasteiger partial charge in [0.05, 0.1) is 12.7 Å². The van der Waals surface area contributed by atoms with Gasteiger partial charge < -0.3 is 20.9 Å². The lowest BCUT2D eigenvalue weighted by molar-refractivity contribution is 0.127. The third kappa shape index (κ3) is 3.98. The molecular formula is C13H25N3O2S. The molecule has 4 N–H and O–H groups in total. The minimum Gasteiger partial charge on any atom is -0.484 e. The highest BCUT2D eigenvalue weighted by molar-refractivity contribution is 7.11. The molecule has 110 valence electrons. The number of anilines is 2. The Balaban J connectivity index is 2.77. The summed E-state index contributed by atoms with van der Waals surface area (Å²) in [6.45, 7) is 8.95. The van der Waals surface area contributed by atoms with Gasteiger partial charge in [-0.2, -0.15) is 4.37 Å². The molecule has 0 aliphatic carbocycles. The van der Waals surface area contributed by atoms with Crippen LogP contribution in [0.25, 0.3) is 0 Å². The van der Waals surface area contributed by atoms with E-state index in [1.165, 1.54) is 11.5 Å². The van der Waals surface area contributed by atoms with Gasteiger partial charge in [0.25, 0.3) is 0 Å². The van der Waals surface area contributed by atoms with E-state index in [4.69, 9.17) is 10.5 Å². The first-order chi connectivity index (χ1) is 8.98. The summed E-state index contributed by atoms with van der Waals surface area (Å²) in [5.41, 5.74) is 5.71. The number of hydrogen-bond acceptors (Lipinski definition) is 6. The first-order valence-corrected chi connectivity index (χ1v) is 7.52. The highest BCUT2D eigenvalue weighted by Gasteiger charge is 2.26. The normalized spacial score (nSPS) is 11.9. The SMILES string of the molecule is CCC(CC)(CO)CNc1snc(N)c1OC(C)C. The van der Waals surface area contributed by atoms with E-state index in [2.05, 4.69) is 23.5 Å². The van der Waals surface area contributed by atoms with Crippen LogP contribution in [0.3, 0.4) is 0 Å². The first-order valence-electron chi connectivity index (χ1n) is 6.74. The number of nitrogens with two attached hydrogens (primary N) is 1. The lowest BCUT2D eigenvalue weighted by Gasteiger charge is -2.29. The van der Waals surface area contributed by atoms with E-state index >= 15 is 0 Å². The van der Waals surface area contributed by atoms with Crippen LogP contribution >= 0.6 is 11.5 Å². The van der Waals surface area contributed by atoms with Crippen molar-refractivity contribution in [3.05, 3.63) is 0 Å². The lowest BCUT2D eigenvalue weighted by atomic mass is 9.83. The van der Waals surface area contributed by atoms with E-state index in [9.17, 15) is 5.11 Å². The molecule has 0 aliphatic rings. The molecular weight excluding hydrogens is 262 g/mol. The molecule has 1 aromatic heterocycles. The molecule has 6 heteroatoms. The second-order valence-electron chi connectivity index (χ2n) is 5.11. The van der Waals surface area contributed by atoms with Crippen molar-refractivity contribution in [2.45, 2.75) is 46.6 Å². The van der Waals surface area contributed by atoms with Crippen LogP contribution in [0.2, 0.25) is 0 Å². The van der Waals surface area contributed by atoms with Gasteiger partial charge in [-0.3, -0.25) is 0 Å². The average Bonchev–Trinajstić information content (AvgIpc) is 2.73. The molecule has 0 saturated carbocycles. The topological polar surface area (TPSA) is 80.4 Å². The van der Waals surface area contributed by atoms with Crippen LogP contribution in [0.5, 0.6) is 5.75 Å². The summed E-state index contributed by atoms with van der Waals surface area (Å²) in [6.07, 6.45) is 1.89. The molecule has 0 spiro atoms. The van der Waals surface area contributed by atoms with Crippen LogP contribution in [-0.4, -0.2) is 28.7 Å². The number of nitrogens with zero attached hydrogens (tertiary/aromatic N) is 1. The number of aliphatic hydroxyl groups excluding tert-OH is 1. The number of hydrogen-bond donors (Lipinski definition) is 3. The van der Waals surface area contributed by atoms with Gasteiger partial charge in [-0.05, 0) is 38.2 Å². The Morgan fingerprint density at radius 1 is 1.42 bits per heavy atom. The van der Waals surface area contributed by atoms with Gasteiger partial charge in [0, 0.05) is 12.0 Å². The fourth-order valence-corrected chi connectivity index (χ4v) is 2.45. The summed E-state index contributed by atoms with van der Waals surface area (Å²) in [5, 5.41) is 13.7. The molecule has 0 saturated heterocycles. The summed E-state index contributed by atoms with van der Waals surface area (Å²) < 4.78 is 9.80. The van der Waals surface area contributed by atoms with Gasteiger partial charge in [-0.1, -0.05) is 13.8 Å². The molecule has 0 radical (unpaired) electrons. The molecule has 19 heavy (non-hydrogen) atoms. The minimum atomic E-state index is -0.103. The molecule has 1 aromatic rings. The van der Waals surface area contributed by atoms with Crippen molar-refractivity contribution in [3.63, 3.8) is 0 Å². The van der Waals surface area contributed by atoms with E-state index in [0.717, 1.165) is 17.8 Å². The molecule has 1 rings (SSSR count). The van der Waals surface area contributed by atoms with Crippen molar-refractivity contribution in [2.24, 2.45) is 5.41 Å². The summed E-state index contributed by atoms with van der Waals surface area (Å²) in [7, 11) is 0. The fourth-order valence-electron chi connectivity index (χ4n) is 1.80. The lowest BCUT2D eigenvalue weighted by Crippen LogP contribution is -2.32. The number of rotatable bonds is 8. The van der Waals surface area contributed by atoms with E-state index in [-0.39, 0.29) is 18.1 Å². The Hall–Kier alpha value is -1.01. The molecule has 0 aliphatic heterocycles. The van der Waals surface area contributed by atoms with Crippen LogP contribution in [-0.2, 0) is 0 Å². The number of nitrogen functional groups attached to an aromatic ring is 1. The average molecular weight is 287 g/mol. The van der Waals surface area contributed by atoms with Crippen LogP contribution in [0.1, 0.15) is 40.5 Å². The third-order valence-electron chi connectivity index (χ3n) is 3.49. The number of ether oxygens (including phenoxy) is 1. The molecule has 0 bridgehead atoms. The highest BCUT2D eigenvalue weighted by atomic mass is 32.1. The van der Waals surface area contributed by atoms with E-state index in [1.807, 2.05) is 13.8 Å². The summed E-state index contributed by atoms with van der Waals surface area (Å²) >= 11 is 1.30. The van der Waals surface area contributed by atoms with Crippen molar-refractivity contribution in [1.82, 2.24) is 4.37 Å². The standard InChI is InChI=1S/C13H25N3O2S/c1-5-13(6-2,8-17)7-15-12-10(18-9(3)4)11(14)16-19-12/h9,15,17H,5-8H2,1-4H3,(H2,14,16). The molecule has 0 fully saturated rings. The van der Waals surface area contributed by atoms with Crippen LogP contribution in [0, 0.1) is 5.41 Å².